The maximum Gasteiger partial charge on any atom is 0.180 e. The summed E-state index contributed by atoms with van der Waals surface area (Å²) in [4.78, 5) is 17.4. The molecule has 0 unspecified atom stereocenters. The molecule has 0 saturated heterocycles. The van der Waals surface area contributed by atoms with Crippen molar-refractivity contribution in [1.29, 1.82) is 0 Å². The van der Waals surface area contributed by atoms with Crippen LogP contribution in [0, 0.1) is 13.8 Å². The van der Waals surface area contributed by atoms with E-state index in [0.29, 0.717) is 12.5 Å². The highest BCUT2D eigenvalue weighted by Crippen LogP contribution is 2.20. The summed E-state index contributed by atoms with van der Waals surface area (Å²) >= 11 is 1.47. The van der Waals surface area contributed by atoms with Crippen LogP contribution in [-0.4, -0.2) is 20.5 Å². The third-order valence-corrected chi connectivity index (χ3v) is 4.59. The largest absolute Gasteiger partial charge is 0.293 e. The second kappa shape index (κ2) is 6.31. The third kappa shape index (κ3) is 3.15. The lowest BCUT2D eigenvalue weighted by molar-refractivity contribution is 0.0994. The fourth-order valence-electron chi connectivity index (χ4n) is 2.37. The van der Waals surface area contributed by atoms with Crippen LogP contribution in [0.5, 0.6) is 0 Å². The van der Waals surface area contributed by atoms with E-state index in [1.165, 1.54) is 11.3 Å². The molecule has 5 heteroatoms. The van der Waals surface area contributed by atoms with Crippen LogP contribution in [0.2, 0.25) is 0 Å². The number of hydrogen-bond donors (Lipinski definition) is 0. The molecule has 0 N–H and O–H groups in total. The topological polar surface area (TPSA) is 47.8 Å². The summed E-state index contributed by atoms with van der Waals surface area (Å²) < 4.78 is 1.98. The van der Waals surface area contributed by atoms with Crippen LogP contribution in [-0.2, 0) is 6.42 Å². The van der Waals surface area contributed by atoms with Crippen molar-refractivity contribution in [1.82, 2.24) is 14.8 Å². The third-order valence-electron chi connectivity index (χ3n) is 3.48. The molecular weight excluding hydrogens is 270 g/mol. The number of ketones is 1. The number of carbonyl (C=O) groups is 1. The number of hydrogen-bond acceptors (Lipinski definition) is 4. The molecule has 20 heavy (non-hydrogen) atoms. The molecule has 0 atom stereocenters. The van der Waals surface area contributed by atoms with Crippen molar-refractivity contribution in [3.05, 3.63) is 33.5 Å². The Morgan fingerprint density at radius 1 is 1.35 bits per heavy atom. The summed E-state index contributed by atoms with van der Waals surface area (Å²) in [6.07, 6.45) is 4.44. The van der Waals surface area contributed by atoms with Crippen molar-refractivity contribution in [2.45, 2.75) is 53.0 Å². The van der Waals surface area contributed by atoms with Crippen LogP contribution >= 0.6 is 11.3 Å². The monoisotopic (exact) mass is 291 g/mol. The van der Waals surface area contributed by atoms with Gasteiger partial charge in [0, 0.05) is 6.20 Å². The Morgan fingerprint density at radius 2 is 2.05 bits per heavy atom. The molecule has 2 rings (SSSR count). The Morgan fingerprint density at radius 3 is 2.60 bits per heavy atom. The second-order valence-corrected chi connectivity index (χ2v) is 6.21. The average Bonchev–Trinajstić information content (AvgIpc) is 2.98. The van der Waals surface area contributed by atoms with Crippen LogP contribution in [0.15, 0.2) is 12.3 Å². The molecule has 0 aromatic carbocycles. The normalized spacial score (nSPS) is 11.2. The van der Waals surface area contributed by atoms with Gasteiger partial charge in [0.1, 0.15) is 0 Å². The van der Waals surface area contributed by atoms with Gasteiger partial charge in [-0.1, -0.05) is 13.8 Å². The van der Waals surface area contributed by atoms with Crippen molar-refractivity contribution < 1.29 is 4.79 Å². The van der Waals surface area contributed by atoms with Crippen LogP contribution in [0.4, 0.5) is 0 Å². The van der Waals surface area contributed by atoms with Gasteiger partial charge in [-0.2, -0.15) is 5.10 Å². The summed E-state index contributed by atoms with van der Waals surface area (Å²) in [7, 11) is 0. The minimum atomic E-state index is 0.114. The van der Waals surface area contributed by atoms with Crippen LogP contribution in [0.1, 0.15) is 58.8 Å². The van der Waals surface area contributed by atoms with E-state index in [4.69, 9.17) is 0 Å². The molecule has 0 saturated carbocycles. The fraction of sp³-hybridized carbons (Fsp3) is 0.533. The number of nitrogens with zero attached hydrogens (tertiary/aromatic N) is 3. The lowest BCUT2D eigenvalue weighted by Gasteiger charge is -2.12. The number of aryl methyl sites for hydroxylation is 2. The van der Waals surface area contributed by atoms with Crippen molar-refractivity contribution >= 4 is 17.1 Å². The molecule has 108 valence electrons. The van der Waals surface area contributed by atoms with Crippen molar-refractivity contribution in [3.8, 4) is 0 Å². The molecule has 0 radical (unpaired) electrons. The smallest absolute Gasteiger partial charge is 0.180 e. The molecule has 2 heterocycles. The lowest BCUT2D eigenvalue weighted by atomic mass is 10.2. The van der Waals surface area contributed by atoms with Crippen molar-refractivity contribution in [3.63, 3.8) is 0 Å². The Hall–Kier alpha value is -1.49. The van der Waals surface area contributed by atoms with Gasteiger partial charge in [0.25, 0.3) is 0 Å². The lowest BCUT2D eigenvalue weighted by Crippen LogP contribution is -2.09. The molecule has 0 amide bonds. The molecule has 0 spiro atoms. The maximum absolute atomic E-state index is 12.3. The molecule has 0 fully saturated rings. The minimum absolute atomic E-state index is 0.114. The zero-order valence-corrected chi connectivity index (χ0v) is 13.3. The van der Waals surface area contributed by atoms with Gasteiger partial charge in [-0.25, -0.2) is 4.98 Å². The van der Waals surface area contributed by atoms with E-state index in [9.17, 15) is 4.79 Å². The quantitative estimate of drug-likeness (QED) is 0.762. The minimum Gasteiger partial charge on any atom is -0.293 e. The van der Waals surface area contributed by atoms with Gasteiger partial charge in [-0.15, -0.1) is 11.3 Å². The summed E-state index contributed by atoms with van der Waals surface area (Å²) in [5, 5.41) is 5.47. The van der Waals surface area contributed by atoms with Crippen LogP contribution < -0.4 is 0 Å². The number of carbonyl (C=O) groups excluding carboxylic acids is 1. The molecule has 2 aromatic heterocycles. The highest BCUT2D eigenvalue weighted by molar-refractivity contribution is 7.13. The van der Waals surface area contributed by atoms with Gasteiger partial charge in [-0.05, 0) is 32.8 Å². The van der Waals surface area contributed by atoms with E-state index >= 15 is 0 Å². The standard InChI is InChI=1S/C15H21N3OS/c1-5-13(6-2)18-8-7-12(17-18)9-14(19)15-10(3)16-11(4)20-15/h7-8,13H,5-6,9H2,1-4H3. The first-order chi connectivity index (χ1) is 9.55. The van der Waals surface area contributed by atoms with Gasteiger partial charge in [0.05, 0.1) is 33.7 Å². The first kappa shape index (κ1) is 14.9. The van der Waals surface area contributed by atoms with Gasteiger partial charge in [0.15, 0.2) is 5.78 Å². The summed E-state index contributed by atoms with van der Waals surface area (Å²) in [5.41, 5.74) is 1.67. The molecule has 0 aliphatic heterocycles. The summed E-state index contributed by atoms with van der Waals surface area (Å²) in [5.74, 6) is 0.114. The van der Waals surface area contributed by atoms with Crippen LogP contribution in [0.25, 0.3) is 0 Å². The van der Waals surface area contributed by atoms with Crippen LogP contribution in [0.3, 0.4) is 0 Å². The number of thiazole rings is 1. The van der Waals surface area contributed by atoms with E-state index in [-0.39, 0.29) is 5.78 Å². The van der Waals surface area contributed by atoms with Gasteiger partial charge in [0.2, 0.25) is 0 Å². The number of rotatable bonds is 6. The number of Topliss-reactive ketones (excluding diaryl/α,β-unsaturated/α-hetero) is 1. The van der Waals surface area contributed by atoms with E-state index in [0.717, 1.165) is 34.1 Å². The molecule has 0 bridgehead atoms. The predicted octanol–water partition coefficient (Wildman–Crippen LogP) is 3.74. The van der Waals surface area contributed by atoms with Gasteiger partial charge in [-0.3, -0.25) is 9.48 Å². The summed E-state index contributed by atoms with van der Waals surface area (Å²) in [6, 6.07) is 2.37. The Balaban J connectivity index is 2.11. The first-order valence-corrected chi connectivity index (χ1v) is 7.88. The Labute approximate surface area is 123 Å². The van der Waals surface area contributed by atoms with Crippen molar-refractivity contribution in [2.24, 2.45) is 0 Å². The highest BCUT2D eigenvalue weighted by atomic mass is 32.1. The van der Waals surface area contributed by atoms with Gasteiger partial charge >= 0.3 is 0 Å². The second-order valence-electron chi connectivity index (χ2n) is 5.00. The molecule has 0 aliphatic rings. The predicted molar refractivity (Wildman–Crippen MR) is 81.5 cm³/mol. The zero-order chi connectivity index (χ0) is 14.7. The Bertz CT molecular complexity index is 596. The number of aromatic nitrogens is 3. The molecular formula is C15H21N3OS. The molecule has 2 aromatic rings. The van der Waals surface area contributed by atoms with Gasteiger partial charge < -0.3 is 0 Å². The zero-order valence-electron chi connectivity index (χ0n) is 12.5. The Kier molecular flexibility index (Phi) is 4.70. The summed E-state index contributed by atoms with van der Waals surface area (Å²) in [6.45, 7) is 8.13. The van der Waals surface area contributed by atoms with E-state index in [2.05, 4.69) is 23.9 Å². The first-order valence-electron chi connectivity index (χ1n) is 7.06. The highest BCUT2D eigenvalue weighted by Gasteiger charge is 2.16. The van der Waals surface area contributed by atoms with E-state index in [1.54, 1.807) is 0 Å². The molecule has 4 nitrogen and oxygen atoms in total. The van der Waals surface area contributed by atoms with E-state index in [1.807, 2.05) is 30.8 Å². The average molecular weight is 291 g/mol. The van der Waals surface area contributed by atoms with E-state index < -0.39 is 0 Å². The SMILES string of the molecule is CCC(CC)n1ccc(CC(=O)c2sc(C)nc2C)n1. The van der Waals surface area contributed by atoms with Crippen molar-refractivity contribution in [2.75, 3.05) is 0 Å². The maximum atomic E-state index is 12.3. The fourth-order valence-corrected chi connectivity index (χ4v) is 3.23. The molecule has 0 aliphatic carbocycles.